The maximum Gasteiger partial charge on any atom is 0.350 e. The van der Waals surface area contributed by atoms with Crippen LogP contribution in [0.25, 0.3) is 22.1 Å². The summed E-state index contributed by atoms with van der Waals surface area (Å²) in [6, 6.07) is 8.02. The molecular formula is C24H23F3N4O3. The summed E-state index contributed by atoms with van der Waals surface area (Å²) in [5.74, 6) is -0.967. The second kappa shape index (κ2) is 8.94. The van der Waals surface area contributed by atoms with Crippen LogP contribution in [0, 0.1) is 5.82 Å². The molecule has 0 atom stereocenters. The number of hydrogen-bond donors (Lipinski definition) is 1. The minimum absolute atomic E-state index is 0.0122. The van der Waals surface area contributed by atoms with Crippen molar-refractivity contribution in [2.24, 2.45) is 0 Å². The minimum Gasteiger partial charge on any atom is -0.388 e. The van der Waals surface area contributed by atoms with Crippen molar-refractivity contribution in [2.75, 3.05) is 0 Å². The number of nitrogens with zero attached hydrogens (tertiary/aromatic N) is 4. The van der Waals surface area contributed by atoms with Gasteiger partial charge in [0.05, 0.1) is 11.1 Å². The third kappa shape index (κ3) is 3.73. The van der Waals surface area contributed by atoms with Crippen molar-refractivity contribution < 1.29 is 18.3 Å². The summed E-state index contributed by atoms with van der Waals surface area (Å²) in [6.45, 7) is 5.13. The Morgan fingerprint density at radius 1 is 1.03 bits per heavy atom. The van der Waals surface area contributed by atoms with Gasteiger partial charge in [-0.25, -0.2) is 18.0 Å². The molecule has 178 valence electrons. The normalized spacial score (nSPS) is 11.8. The topological polar surface area (TPSA) is 82.0 Å². The highest BCUT2D eigenvalue weighted by Crippen LogP contribution is 2.30. The van der Waals surface area contributed by atoms with Crippen molar-refractivity contribution in [2.45, 2.75) is 46.3 Å². The number of halogens is 3. The Balaban J connectivity index is 2.05. The largest absolute Gasteiger partial charge is 0.388 e. The number of benzene rings is 2. The third-order valence-electron chi connectivity index (χ3n) is 5.79. The number of pyridine rings is 1. The predicted molar refractivity (Wildman–Crippen MR) is 122 cm³/mol. The highest BCUT2D eigenvalue weighted by atomic mass is 19.3. The molecule has 4 aromatic rings. The number of aromatic nitrogens is 4. The van der Waals surface area contributed by atoms with Crippen LogP contribution in [0.3, 0.4) is 0 Å². The predicted octanol–water partition coefficient (Wildman–Crippen LogP) is 4.05. The van der Waals surface area contributed by atoms with Crippen molar-refractivity contribution >= 4 is 10.8 Å². The molecule has 0 aliphatic carbocycles. The van der Waals surface area contributed by atoms with Crippen LogP contribution in [0.4, 0.5) is 13.2 Å². The lowest BCUT2D eigenvalue weighted by atomic mass is 9.97. The molecule has 2 aromatic carbocycles. The van der Waals surface area contributed by atoms with Crippen LogP contribution in [0.15, 0.2) is 52.2 Å². The Labute approximate surface area is 192 Å². The van der Waals surface area contributed by atoms with Gasteiger partial charge in [-0.15, -0.1) is 5.10 Å². The van der Waals surface area contributed by atoms with E-state index >= 15 is 4.39 Å². The van der Waals surface area contributed by atoms with E-state index in [1.54, 1.807) is 13.0 Å². The molecule has 0 saturated heterocycles. The molecule has 0 spiro atoms. The SMILES string of the molecule is CCn1c(CO)nn(-c2cc3c(C(C)C)cn(-c4ccccc4C(F)F)c(=O)c3cc2F)c1=O. The summed E-state index contributed by atoms with van der Waals surface area (Å²) in [5.41, 5.74) is -1.17. The number of rotatable bonds is 6. The average molecular weight is 472 g/mol. The fourth-order valence-corrected chi connectivity index (χ4v) is 4.10. The number of fused-ring (bicyclic) bond motifs is 1. The van der Waals surface area contributed by atoms with E-state index in [2.05, 4.69) is 5.10 Å². The lowest BCUT2D eigenvalue weighted by Gasteiger charge is -2.17. The fraction of sp³-hybridized carbons (Fsp3) is 0.292. The summed E-state index contributed by atoms with van der Waals surface area (Å²) >= 11 is 0. The quantitative estimate of drug-likeness (QED) is 0.459. The Morgan fingerprint density at radius 2 is 1.74 bits per heavy atom. The molecule has 0 fully saturated rings. The molecule has 0 saturated carbocycles. The number of alkyl halides is 2. The number of hydrogen-bond acceptors (Lipinski definition) is 4. The second-order valence-electron chi connectivity index (χ2n) is 8.14. The van der Waals surface area contributed by atoms with Crippen LogP contribution in [0.2, 0.25) is 0 Å². The molecule has 1 N–H and O–H groups in total. The van der Waals surface area contributed by atoms with Gasteiger partial charge in [-0.2, -0.15) is 4.68 Å². The first-order valence-corrected chi connectivity index (χ1v) is 10.8. The van der Waals surface area contributed by atoms with Crippen LogP contribution < -0.4 is 11.2 Å². The molecule has 2 heterocycles. The highest BCUT2D eigenvalue weighted by Gasteiger charge is 2.22. The Hall–Kier alpha value is -3.66. The Morgan fingerprint density at radius 3 is 2.32 bits per heavy atom. The minimum atomic E-state index is -2.80. The molecule has 0 aliphatic heterocycles. The Bertz CT molecular complexity index is 1500. The Kier molecular flexibility index (Phi) is 6.18. The van der Waals surface area contributed by atoms with E-state index in [1.807, 2.05) is 13.8 Å². The number of para-hydroxylation sites is 1. The molecule has 0 bridgehead atoms. The lowest BCUT2D eigenvalue weighted by Crippen LogP contribution is -2.25. The summed E-state index contributed by atoms with van der Waals surface area (Å²) in [6.07, 6.45) is -1.33. The second-order valence-corrected chi connectivity index (χ2v) is 8.14. The molecule has 2 aromatic heterocycles. The molecule has 0 amide bonds. The fourth-order valence-electron chi connectivity index (χ4n) is 4.10. The van der Waals surface area contributed by atoms with Gasteiger partial charge in [-0.05, 0) is 42.0 Å². The molecule has 7 nitrogen and oxygen atoms in total. The van der Waals surface area contributed by atoms with Crippen molar-refractivity contribution in [1.82, 2.24) is 18.9 Å². The number of aliphatic hydroxyl groups is 1. The highest BCUT2D eigenvalue weighted by molar-refractivity contribution is 5.87. The van der Waals surface area contributed by atoms with Crippen molar-refractivity contribution in [3.05, 3.63) is 86.2 Å². The van der Waals surface area contributed by atoms with Crippen LogP contribution >= 0.6 is 0 Å². The number of aliphatic hydroxyl groups excluding tert-OH is 1. The van der Waals surface area contributed by atoms with Gasteiger partial charge in [0.2, 0.25) is 0 Å². The van der Waals surface area contributed by atoms with Gasteiger partial charge >= 0.3 is 5.69 Å². The van der Waals surface area contributed by atoms with E-state index in [9.17, 15) is 23.5 Å². The van der Waals surface area contributed by atoms with Crippen molar-refractivity contribution in [3.63, 3.8) is 0 Å². The zero-order valence-corrected chi connectivity index (χ0v) is 18.8. The first-order chi connectivity index (χ1) is 16.2. The van der Waals surface area contributed by atoms with Crippen LogP contribution in [0.1, 0.15) is 50.1 Å². The smallest absolute Gasteiger partial charge is 0.350 e. The van der Waals surface area contributed by atoms with E-state index < -0.39 is 30.1 Å². The molecule has 10 heteroatoms. The van der Waals surface area contributed by atoms with E-state index in [1.165, 1.54) is 35.0 Å². The van der Waals surface area contributed by atoms with Gasteiger partial charge in [-0.3, -0.25) is 13.9 Å². The van der Waals surface area contributed by atoms with Crippen LogP contribution in [0.5, 0.6) is 0 Å². The van der Waals surface area contributed by atoms with Gasteiger partial charge in [0.15, 0.2) is 5.82 Å². The first kappa shape index (κ1) is 23.5. The summed E-state index contributed by atoms with van der Waals surface area (Å²) in [5, 5.41) is 13.9. The standard InChI is InChI=1S/C24H23F3N4O3/c1-4-29-21(12-32)28-31(24(29)34)20-10-15-16(9-18(20)25)23(33)30(11-17(15)13(2)3)19-8-6-5-7-14(19)22(26)27/h5-11,13,22,32H,4,12H2,1-3H3. The summed E-state index contributed by atoms with van der Waals surface area (Å²) < 4.78 is 45.7. The third-order valence-corrected chi connectivity index (χ3v) is 5.79. The maximum absolute atomic E-state index is 15.2. The molecule has 0 unspecified atom stereocenters. The van der Waals surface area contributed by atoms with Crippen LogP contribution in [-0.2, 0) is 13.2 Å². The molecule has 0 aliphatic rings. The van der Waals surface area contributed by atoms with E-state index in [4.69, 9.17) is 0 Å². The molecule has 4 rings (SSSR count). The zero-order chi connectivity index (χ0) is 24.7. The zero-order valence-electron chi connectivity index (χ0n) is 18.8. The van der Waals surface area contributed by atoms with E-state index in [-0.39, 0.29) is 40.6 Å². The first-order valence-electron chi connectivity index (χ1n) is 10.8. The van der Waals surface area contributed by atoms with Gasteiger partial charge in [0, 0.05) is 18.3 Å². The monoisotopic (exact) mass is 472 g/mol. The van der Waals surface area contributed by atoms with Gasteiger partial charge in [0.25, 0.3) is 12.0 Å². The molecule has 34 heavy (non-hydrogen) atoms. The summed E-state index contributed by atoms with van der Waals surface area (Å²) in [7, 11) is 0. The van der Waals surface area contributed by atoms with Crippen molar-refractivity contribution in [1.29, 1.82) is 0 Å². The van der Waals surface area contributed by atoms with Gasteiger partial charge in [0.1, 0.15) is 18.1 Å². The summed E-state index contributed by atoms with van der Waals surface area (Å²) in [4.78, 5) is 26.1. The van der Waals surface area contributed by atoms with Crippen molar-refractivity contribution in [3.8, 4) is 11.4 Å². The molecular weight excluding hydrogens is 449 g/mol. The maximum atomic E-state index is 15.2. The lowest BCUT2D eigenvalue weighted by molar-refractivity contribution is 0.151. The van der Waals surface area contributed by atoms with Crippen LogP contribution in [-0.4, -0.2) is 24.0 Å². The van der Waals surface area contributed by atoms with E-state index in [0.717, 1.165) is 15.3 Å². The average Bonchev–Trinajstić information content (AvgIpc) is 3.14. The van der Waals surface area contributed by atoms with Gasteiger partial charge < -0.3 is 5.11 Å². The van der Waals surface area contributed by atoms with E-state index in [0.29, 0.717) is 10.9 Å². The molecule has 0 radical (unpaired) electrons. The van der Waals surface area contributed by atoms with Gasteiger partial charge in [-0.1, -0.05) is 32.0 Å².